The second-order valence-corrected chi connectivity index (χ2v) is 14.1. The average molecular weight is 666 g/mol. The zero-order chi connectivity index (χ0) is 34.4. The molecule has 7 atom stereocenters. The lowest BCUT2D eigenvalue weighted by Crippen LogP contribution is -2.60. The Kier molecular flexibility index (Phi) is 11.8. The molecule has 1 unspecified atom stereocenters. The number of nitrogens with zero attached hydrogens (tertiary/aromatic N) is 3. The molecule has 2 heterocycles. The monoisotopic (exact) mass is 665 g/mol. The van der Waals surface area contributed by atoms with Crippen LogP contribution in [-0.4, -0.2) is 92.4 Å². The standard InChI is InChI=1S/C35H51N7O6/c1-4-9-25(30(43)34(47)38-23-14-15-23)39-33(46)29-24-13-8-12-22(24)19-42(29)35(48)27(20(2)3)40-32(45)28(21-10-6-5-7-11-21)41-31(44)26-18-36-16-17-37-26/h16-18,21-25,27-30,43H,2,4-15,19H2,1,3H3,(H,38,47)(H,39,46)(H,40,45)(H,41,44)/t22-,24-,25-,27-,28-,29-,30?/m0/s1. The first-order valence-corrected chi connectivity index (χ1v) is 17.7. The molecule has 5 rings (SSSR count). The Bertz CT molecular complexity index is 1350. The molecule has 5 amide bonds. The number of aliphatic hydroxyl groups is 1. The van der Waals surface area contributed by atoms with Crippen molar-refractivity contribution in [1.82, 2.24) is 36.1 Å². The molecule has 3 aliphatic carbocycles. The number of carbonyl (C=O) groups excluding carboxylic acids is 5. The Morgan fingerprint density at radius 1 is 0.958 bits per heavy atom. The van der Waals surface area contributed by atoms with Crippen LogP contribution < -0.4 is 21.3 Å². The predicted octanol–water partition coefficient (Wildman–Crippen LogP) is 1.77. The topological polar surface area (TPSA) is 183 Å². The second kappa shape index (κ2) is 16.0. The number of fused-ring (bicyclic) bond motifs is 1. The zero-order valence-corrected chi connectivity index (χ0v) is 28.2. The molecular formula is C35H51N7O6. The molecule has 1 aliphatic heterocycles. The van der Waals surface area contributed by atoms with Crippen molar-refractivity contribution >= 4 is 29.5 Å². The number of nitrogens with one attached hydrogen (secondary N) is 4. The molecule has 262 valence electrons. The van der Waals surface area contributed by atoms with E-state index in [9.17, 15) is 29.1 Å². The van der Waals surface area contributed by atoms with Gasteiger partial charge in [-0.1, -0.05) is 45.6 Å². The van der Waals surface area contributed by atoms with E-state index in [1.807, 2.05) is 6.92 Å². The van der Waals surface area contributed by atoms with Gasteiger partial charge in [0.05, 0.1) is 12.2 Å². The van der Waals surface area contributed by atoms with Crippen molar-refractivity contribution in [2.24, 2.45) is 17.8 Å². The smallest absolute Gasteiger partial charge is 0.272 e. The van der Waals surface area contributed by atoms with Crippen LogP contribution in [0.25, 0.3) is 0 Å². The van der Waals surface area contributed by atoms with Gasteiger partial charge in [-0.25, -0.2) is 4.98 Å². The van der Waals surface area contributed by atoms with Gasteiger partial charge in [0.2, 0.25) is 17.7 Å². The molecule has 13 nitrogen and oxygen atoms in total. The van der Waals surface area contributed by atoms with E-state index in [0.29, 0.717) is 25.0 Å². The van der Waals surface area contributed by atoms with E-state index in [1.165, 1.54) is 18.6 Å². The van der Waals surface area contributed by atoms with Crippen LogP contribution in [0.15, 0.2) is 30.7 Å². The molecule has 0 radical (unpaired) electrons. The highest BCUT2D eigenvalue weighted by atomic mass is 16.3. The van der Waals surface area contributed by atoms with E-state index in [0.717, 1.165) is 64.2 Å². The Morgan fingerprint density at radius 2 is 1.71 bits per heavy atom. The van der Waals surface area contributed by atoms with Gasteiger partial charge in [0.15, 0.2) is 6.10 Å². The lowest BCUT2D eigenvalue weighted by atomic mass is 9.83. The second-order valence-electron chi connectivity index (χ2n) is 14.1. The van der Waals surface area contributed by atoms with E-state index in [1.54, 1.807) is 11.8 Å². The van der Waals surface area contributed by atoms with Gasteiger partial charge in [-0.3, -0.25) is 29.0 Å². The third kappa shape index (κ3) is 8.40. The number of hydrogen-bond donors (Lipinski definition) is 5. The molecule has 5 N–H and O–H groups in total. The van der Waals surface area contributed by atoms with E-state index >= 15 is 0 Å². The third-order valence-corrected chi connectivity index (χ3v) is 10.5. The predicted molar refractivity (Wildman–Crippen MR) is 177 cm³/mol. The third-order valence-electron chi connectivity index (χ3n) is 10.5. The van der Waals surface area contributed by atoms with Crippen LogP contribution >= 0.6 is 0 Å². The van der Waals surface area contributed by atoms with Crippen molar-refractivity contribution in [1.29, 1.82) is 0 Å². The van der Waals surface area contributed by atoms with E-state index in [-0.39, 0.29) is 29.5 Å². The first-order valence-electron chi connectivity index (χ1n) is 17.7. The normalized spacial score (nSPS) is 24.8. The summed E-state index contributed by atoms with van der Waals surface area (Å²) in [7, 11) is 0. The van der Waals surface area contributed by atoms with E-state index in [4.69, 9.17) is 0 Å². The van der Waals surface area contributed by atoms with Crippen molar-refractivity contribution in [3.8, 4) is 0 Å². The first kappa shape index (κ1) is 35.4. The molecule has 0 spiro atoms. The van der Waals surface area contributed by atoms with Crippen LogP contribution in [0.4, 0.5) is 0 Å². The van der Waals surface area contributed by atoms with Crippen LogP contribution in [0.5, 0.6) is 0 Å². The number of rotatable bonds is 14. The number of hydrogen-bond acceptors (Lipinski definition) is 8. The molecule has 4 fully saturated rings. The van der Waals surface area contributed by atoms with Gasteiger partial charge in [0, 0.05) is 25.0 Å². The molecule has 0 aromatic carbocycles. The van der Waals surface area contributed by atoms with Gasteiger partial charge in [-0.05, 0) is 75.2 Å². The lowest BCUT2D eigenvalue weighted by Gasteiger charge is -2.34. The summed E-state index contributed by atoms with van der Waals surface area (Å²) in [5.41, 5.74) is 0.496. The van der Waals surface area contributed by atoms with Crippen molar-refractivity contribution in [3.63, 3.8) is 0 Å². The summed E-state index contributed by atoms with van der Waals surface area (Å²) < 4.78 is 0. The van der Waals surface area contributed by atoms with Crippen LogP contribution in [0.3, 0.4) is 0 Å². The molecule has 0 bridgehead atoms. The quantitative estimate of drug-likeness (QED) is 0.186. The van der Waals surface area contributed by atoms with Crippen LogP contribution in [-0.2, 0) is 19.2 Å². The highest BCUT2D eigenvalue weighted by Crippen LogP contribution is 2.43. The molecule has 1 aromatic rings. The Hall–Kier alpha value is -3.87. The number of likely N-dealkylation sites (tertiary alicyclic amines) is 1. The minimum Gasteiger partial charge on any atom is -0.381 e. The molecule has 3 saturated carbocycles. The van der Waals surface area contributed by atoms with Crippen molar-refractivity contribution < 1.29 is 29.1 Å². The fourth-order valence-corrected chi connectivity index (χ4v) is 7.74. The zero-order valence-electron chi connectivity index (χ0n) is 28.2. The SMILES string of the molecule is C=C(C)[C@H](NC(=O)[C@@H](NC(=O)c1cnccn1)C1CCCCC1)C(=O)N1C[C@@H]2CCC[C@@H]2[C@H]1C(=O)N[C@@H](CCC)C(O)C(=O)NC1CC1. The van der Waals surface area contributed by atoms with E-state index in [2.05, 4.69) is 37.8 Å². The summed E-state index contributed by atoms with van der Waals surface area (Å²) in [6, 6.07) is -3.56. The summed E-state index contributed by atoms with van der Waals surface area (Å²) in [4.78, 5) is 77.7. The average Bonchev–Trinajstić information content (AvgIpc) is 3.65. The molecule has 4 aliphatic rings. The van der Waals surface area contributed by atoms with Gasteiger partial charge in [-0.2, -0.15) is 0 Å². The molecular weight excluding hydrogens is 614 g/mol. The number of aliphatic hydroxyl groups excluding tert-OH is 1. The maximum atomic E-state index is 14.3. The van der Waals surface area contributed by atoms with Crippen LogP contribution in [0, 0.1) is 17.8 Å². The summed E-state index contributed by atoms with van der Waals surface area (Å²) in [6.07, 6.45) is 12.6. The molecule has 13 heteroatoms. The minimum atomic E-state index is -1.41. The first-order chi connectivity index (χ1) is 23.1. The van der Waals surface area contributed by atoms with Crippen LogP contribution in [0.1, 0.15) is 101 Å². The Balaban J connectivity index is 1.33. The number of amides is 5. The number of carbonyl (C=O) groups is 5. The van der Waals surface area contributed by atoms with Crippen LogP contribution in [0.2, 0.25) is 0 Å². The lowest BCUT2D eigenvalue weighted by molar-refractivity contribution is -0.143. The summed E-state index contributed by atoms with van der Waals surface area (Å²) in [5.74, 6) is -2.43. The van der Waals surface area contributed by atoms with E-state index < -0.39 is 59.8 Å². The largest absolute Gasteiger partial charge is 0.381 e. The molecule has 1 aromatic heterocycles. The fourth-order valence-electron chi connectivity index (χ4n) is 7.74. The van der Waals surface area contributed by atoms with Crippen molar-refractivity contribution in [3.05, 3.63) is 36.4 Å². The highest BCUT2D eigenvalue weighted by molar-refractivity contribution is 5.98. The Labute approximate surface area is 282 Å². The van der Waals surface area contributed by atoms with Gasteiger partial charge in [0.1, 0.15) is 23.8 Å². The fraction of sp³-hybridized carbons (Fsp3) is 0.686. The maximum Gasteiger partial charge on any atom is 0.272 e. The van der Waals surface area contributed by atoms with Crippen molar-refractivity contribution in [2.75, 3.05) is 6.54 Å². The summed E-state index contributed by atoms with van der Waals surface area (Å²) in [6.45, 7) is 7.96. The Morgan fingerprint density at radius 3 is 2.35 bits per heavy atom. The van der Waals surface area contributed by atoms with Gasteiger partial charge < -0.3 is 31.3 Å². The number of aromatic nitrogens is 2. The maximum absolute atomic E-state index is 14.3. The molecule has 48 heavy (non-hydrogen) atoms. The van der Waals surface area contributed by atoms with Gasteiger partial charge >= 0.3 is 0 Å². The summed E-state index contributed by atoms with van der Waals surface area (Å²) >= 11 is 0. The van der Waals surface area contributed by atoms with Gasteiger partial charge in [0.25, 0.3) is 11.8 Å². The van der Waals surface area contributed by atoms with Gasteiger partial charge in [-0.15, -0.1) is 0 Å². The minimum absolute atomic E-state index is 0.0691. The molecule has 1 saturated heterocycles. The summed E-state index contributed by atoms with van der Waals surface area (Å²) in [5, 5.41) is 22.4. The van der Waals surface area contributed by atoms with Crippen molar-refractivity contribution in [2.45, 2.75) is 127 Å². The highest BCUT2D eigenvalue weighted by Gasteiger charge is 2.51.